The van der Waals surface area contributed by atoms with Gasteiger partial charge >= 0.3 is 0 Å². The molecule has 2 heteroatoms. The minimum atomic E-state index is 1.00. The molecule has 0 atom stereocenters. The predicted octanol–water partition coefficient (Wildman–Crippen LogP) is 2.80. The number of hydrogen-bond donors (Lipinski definition) is 0. The van der Waals surface area contributed by atoms with Crippen LogP contribution >= 0.6 is 0 Å². The molecular formula is C14H22N2. The molecule has 0 aromatic carbocycles. The van der Waals surface area contributed by atoms with Gasteiger partial charge in [-0.3, -0.25) is 9.88 Å². The second kappa shape index (κ2) is 5.44. The van der Waals surface area contributed by atoms with Crippen molar-refractivity contribution < 1.29 is 0 Å². The van der Waals surface area contributed by atoms with Gasteiger partial charge in [0.05, 0.1) is 5.69 Å². The molecule has 1 aromatic heterocycles. The van der Waals surface area contributed by atoms with Crippen LogP contribution < -0.4 is 0 Å². The molecule has 0 spiro atoms. The molecule has 1 aliphatic carbocycles. The predicted molar refractivity (Wildman–Crippen MR) is 67.5 cm³/mol. The van der Waals surface area contributed by atoms with Gasteiger partial charge in [-0.15, -0.1) is 0 Å². The fraction of sp³-hybridized carbons (Fsp3) is 0.643. The third kappa shape index (κ3) is 2.62. The topological polar surface area (TPSA) is 16.1 Å². The lowest BCUT2D eigenvalue weighted by molar-refractivity contribution is 0.292. The van der Waals surface area contributed by atoms with E-state index in [1.54, 1.807) is 0 Å². The number of aromatic nitrogens is 1. The Hall–Kier alpha value is -0.890. The highest BCUT2D eigenvalue weighted by Crippen LogP contribution is 2.19. The van der Waals surface area contributed by atoms with Crippen molar-refractivity contribution in [1.82, 2.24) is 9.88 Å². The molecule has 1 heterocycles. The lowest BCUT2D eigenvalue weighted by atomic mass is 9.96. The van der Waals surface area contributed by atoms with Crippen molar-refractivity contribution in [3.05, 3.63) is 29.1 Å². The van der Waals surface area contributed by atoms with Crippen molar-refractivity contribution >= 4 is 0 Å². The number of nitrogens with zero attached hydrogens (tertiary/aromatic N) is 2. The molecule has 88 valence electrons. The van der Waals surface area contributed by atoms with Gasteiger partial charge in [-0.25, -0.2) is 0 Å². The lowest BCUT2D eigenvalue weighted by Crippen LogP contribution is -2.23. The summed E-state index contributed by atoms with van der Waals surface area (Å²) in [4.78, 5) is 7.22. The molecule has 2 rings (SSSR count). The number of aryl methyl sites for hydroxylation is 2. The summed E-state index contributed by atoms with van der Waals surface area (Å²) in [6.45, 7) is 7.63. The minimum absolute atomic E-state index is 1.00. The highest BCUT2D eigenvalue weighted by molar-refractivity contribution is 5.25. The Balaban J connectivity index is 2.10. The molecule has 16 heavy (non-hydrogen) atoms. The zero-order chi connectivity index (χ0) is 11.4. The molecule has 1 aliphatic rings. The average Bonchev–Trinajstić information content (AvgIpc) is 2.35. The fourth-order valence-corrected chi connectivity index (χ4v) is 2.39. The lowest BCUT2D eigenvalue weighted by Gasteiger charge is -2.20. The first-order valence-electron chi connectivity index (χ1n) is 6.53. The van der Waals surface area contributed by atoms with E-state index in [1.165, 1.54) is 42.6 Å². The van der Waals surface area contributed by atoms with E-state index in [0.29, 0.717) is 0 Å². The van der Waals surface area contributed by atoms with E-state index in [2.05, 4.69) is 30.9 Å². The van der Waals surface area contributed by atoms with Crippen molar-refractivity contribution in [3.8, 4) is 0 Å². The van der Waals surface area contributed by atoms with Gasteiger partial charge in [0.25, 0.3) is 0 Å². The molecule has 1 aromatic rings. The van der Waals surface area contributed by atoms with Crippen LogP contribution in [0.5, 0.6) is 0 Å². The van der Waals surface area contributed by atoms with Crippen molar-refractivity contribution in [2.75, 3.05) is 13.1 Å². The highest BCUT2D eigenvalue weighted by atomic mass is 15.1. The van der Waals surface area contributed by atoms with Crippen LogP contribution in [0.3, 0.4) is 0 Å². The normalized spacial score (nSPS) is 15.2. The first-order chi connectivity index (χ1) is 7.83. The molecule has 0 radical (unpaired) electrons. The summed E-state index contributed by atoms with van der Waals surface area (Å²) in [5.74, 6) is 0. The summed E-state index contributed by atoms with van der Waals surface area (Å²) in [5.41, 5.74) is 4.08. The van der Waals surface area contributed by atoms with E-state index in [9.17, 15) is 0 Å². The Bertz CT molecular complexity index is 343. The van der Waals surface area contributed by atoms with Gasteiger partial charge < -0.3 is 0 Å². The first kappa shape index (κ1) is 11.6. The zero-order valence-electron chi connectivity index (χ0n) is 10.5. The summed E-state index contributed by atoms with van der Waals surface area (Å²) < 4.78 is 0. The summed E-state index contributed by atoms with van der Waals surface area (Å²) in [6, 6.07) is 4.50. The zero-order valence-corrected chi connectivity index (χ0v) is 10.5. The standard InChI is InChI=1S/C14H22N2/c1-3-16(4-2)11-13-10-9-12-7-5-6-8-14(12)15-13/h9-10H,3-8,11H2,1-2H3. The van der Waals surface area contributed by atoms with Crippen LogP contribution in [0.25, 0.3) is 0 Å². The molecule has 0 aliphatic heterocycles. The van der Waals surface area contributed by atoms with E-state index < -0.39 is 0 Å². The summed E-state index contributed by atoms with van der Waals surface area (Å²) in [6.07, 6.45) is 5.06. The van der Waals surface area contributed by atoms with E-state index >= 15 is 0 Å². The summed E-state index contributed by atoms with van der Waals surface area (Å²) in [7, 11) is 0. The molecule has 0 saturated carbocycles. The molecule has 0 bridgehead atoms. The number of rotatable bonds is 4. The maximum absolute atomic E-state index is 4.81. The van der Waals surface area contributed by atoms with E-state index in [-0.39, 0.29) is 0 Å². The molecule has 0 unspecified atom stereocenters. The third-order valence-electron chi connectivity index (χ3n) is 3.52. The molecule has 0 fully saturated rings. The Morgan fingerprint density at radius 3 is 2.62 bits per heavy atom. The van der Waals surface area contributed by atoms with Gasteiger partial charge in [0.15, 0.2) is 0 Å². The van der Waals surface area contributed by atoms with Crippen molar-refractivity contribution in [3.63, 3.8) is 0 Å². The summed E-state index contributed by atoms with van der Waals surface area (Å²) >= 11 is 0. The van der Waals surface area contributed by atoms with Gasteiger partial charge in [-0.2, -0.15) is 0 Å². The van der Waals surface area contributed by atoms with Crippen molar-refractivity contribution in [2.45, 2.75) is 46.1 Å². The third-order valence-corrected chi connectivity index (χ3v) is 3.52. The van der Waals surface area contributed by atoms with Gasteiger partial charge in [0, 0.05) is 12.2 Å². The van der Waals surface area contributed by atoms with E-state index in [4.69, 9.17) is 4.98 Å². The number of fused-ring (bicyclic) bond motifs is 1. The second-order valence-electron chi connectivity index (χ2n) is 4.58. The molecule has 0 amide bonds. The quantitative estimate of drug-likeness (QED) is 0.772. The Morgan fingerprint density at radius 1 is 1.12 bits per heavy atom. The monoisotopic (exact) mass is 218 g/mol. The Kier molecular flexibility index (Phi) is 3.94. The molecule has 2 nitrogen and oxygen atoms in total. The van der Waals surface area contributed by atoms with Crippen molar-refractivity contribution in [2.24, 2.45) is 0 Å². The van der Waals surface area contributed by atoms with Crippen LogP contribution in [0.15, 0.2) is 12.1 Å². The van der Waals surface area contributed by atoms with Crippen LogP contribution in [-0.4, -0.2) is 23.0 Å². The van der Waals surface area contributed by atoms with Crippen LogP contribution in [0, 0.1) is 0 Å². The number of hydrogen-bond acceptors (Lipinski definition) is 2. The van der Waals surface area contributed by atoms with E-state index in [1.807, 2.05) is 0 Å². The van der Waals surface area contributed by atoms with Gasteiger partial charge in [-0.1, -0.05) is 19.9 Å². The van der Waals surface area contributed by atoms with Gasteiger partial charge in [0.1, 0.15) is 0 Å². The molecule has 0 N–H and O–H groups in total. The first-order valence-corrected chi connectivity index (χ1v) is 6.53. The van der Waals surface area contributed by atoms with E-state index in [0.717, 1.165) is 19.6 Å². The van der Waals surface area contributed by atoms with Crippen LogP contribution in [-0.2, 0) is 19.4 Å². The largest absolute Gasteiger partial charge is 0.298 e. The molecular weight excluding hydrogens is 196 g/mol. The number of pyridine rings is 1. The maximum atomic E-state index is 4.81. The molecule has 0 saturated heterocycles. The highest BCUT2D eigenvalue weighted by Gasteiger charge is 2.11. The van der Waals surface area contributed by atoms with Gasteiger partial charge in [-0.05, 0) is 50.4 Å². The fourth-order valence-electron chi connectivity index (χ4n) is 2.39. The SMILES string of the molecule is CCN(CC)Cc1ccc2c(n1)CCCC2. The smallest absolute Gasteiger partial charge is 0.0547 e. The van der Waals surface area contributed by atoms with Gasteiger partial charge in [0.2, 0.25) is 0 Å². The Morgan fingerprint density at radius 2 is 1.88 bits per heavy atom. The minimum Gasteiger partial charge on any atom is -0.298 e. The van der Waals surface area contributed by atoms with Crippen LogP contribution in [0.4, 0.5) is 0 Å². The summed E-state index contributed by atoms with van der Waals surface area (Å²) in [5, 5.41) is 0. The Labute approximate surface area is 98.7 Å². The second-order valence-corrected chi connectivity index (χ2v) is 4.58. The average molecular weight is 218 g/mol. The maximum Gasteiger partial charge on any atom is 0.0547 e. The van der Waals surface area contributed by atoms with Crippen LogP contribution in [0.1, 0.15) is 43.6 Å². The van der Waals surface area contributed by atoms with Crippen molar-refractivity contribution in [1.29, 1.82) is 0 Å². The van der Waals surface area contributed by atoms with Crippen LogP contribution in [0.2, 0.25) is 0 Å².